The number of nitrogens with zero attached hydrogens (tertiary/aromatic N) is 2. The predicted molar refractivity (Wildman–Crippen MR) is 101 cm³/mol. The van der Waals surface area contributed by atoms with Gasteiger partial charge in [-0.05, 0) is 36.4 Å². The second kappa shape index (κ2) is 8.28. The largest absolute Gasteiger partial charge is 0.497 e. The van der Waals surface area contributed by atoms with Crippen LogP contribution in [0.4, 0.5) is 10.8 Å². The zero-order valence-corrected chi connectivity index (χ0v) is 15.1. The summed E-state index contributed by atoms with van der Waals surface area (Å²) in [5, 5.41) is 15.5. The molecule has 1 heterocycles. The van der Waals surface area contributed by atoms with Crippen LogP contribution in [-0.2, 0) is 4.79 Å². The van der Waals surface area contributed by atoms with E-state index in [-0.39, 0.29) is 18.2 Å². The van der Waals surface area contributed by atoms with Crippen molar-refractivity contribution in [3.8, 4) is 22.8 Å². The summed E-state index contributed by atoms with van der Waals surface area (Å²) in [4.78, 5) is 26.6. The topological polar surface area (TPSA) is 104 Å². The summed E-state index contributed by atoms with van der Waals surface area (Å²) in [5.74, 6) is 0.917. The van der Waals surface area contributed by atoms with Gasteiger partial charge in [-0.15, -0.1) is 11.3 Å². The summed E-state index contributed by atoms with van der Waals surface area (Å²) >= 11 is 1.26. The molecule has 0 atom stereocenters. The fourth-order valence-electron chi connectivity index (χ4n) is 2.19. The van der Waals surface area contributed by atoms with Crippen molar-refractivity contribution in [2.24, 2.45) is 0 Å². The Morgan fingerprint density at radius 3 is 2.44 bits per heavy atom. The molecule has 0 saturated heterocycles. The Kier molecular flexibility index (Phi) is 5.62. The first-order chi connectivity index (χ1) is 13.0. The van der Waals surface area contributed by atoms with E-state index in [2.05, 4.69) is 10.3 Å². The number of benzene rings is 2. The van der Waals surface area contributed by atoms with Gasteiger partial charge in [0.1, 0.15) is 11.5 Å². The van der Waals surface area contributed by atoms with Gasteiger partial charge in [-0.1, -0.05) is 0 Å². The van der Waals surface area contributed by atoms with E-state index in [4.69, 9.17) is 9.47 Å². The SMILES string of the molecule is COc1ccc(OCC(=O)Nc2nc(-c3ccc([N+](=O)[O-])cc3)cs2)cc1. The molecule has 0 unspecified atom stereocenters. The minimum Gasteiger partial charge on any atom is -0.497 e. The minimum atomic E-state index is -0.459. The Morgan fingerprint density at radius 1 is 1.15 bits per heavy atom. The average molecular weight is 385 g/mol. The molecule has 0 saturated carbocycles. The molecule has 27 heavy (non-hydrogen) atoms. The third kappa shape index (κ3) is 4.79. The summed E-state index contributed by atoms with van der Waals surface area (Å²) in [6, 6.07) is 13.0. The van der Waals surface area contributed by atoms with Crippen molar-refractivity contribution < 1.29 is 19.2 Å². The van der Waals surface area contributed by atoms with Crippen LogP contribution in [0.5, 0.6) is 11.5 Å². The summed E-state index contributed by atoms with van der Waals surface area (Å²) in [6.45, 7) is -0.154. The van der Waals surface area contributed by atoms with Crippen LogP contribution in [-0.4, -0.2) is 29.5 Å². The number of rotatable bonds is 7. The van der Waals surface area contributed by atoms with E-state index in [1.165, 1.54) is 23.5 Å². The van der Waals surface area contributed by atoms with Crippen LogP contribution in [0.3, 0.4) is 0 Å². The van der Waals surface area contributed by atoms with E-state index in [9.17, 15) is 14.9 Å². The van der Waals surface area contributed by atoms with Gasteiger partial charge in [0.15, 0.2) is 11.7 Å². The number of non-ortho nitro benzene ring substituents is 1. The number of hydrogen-bond acceptors (Lipinski definition) is 7. The van der Waals surface area contributed by atoms with Gasteiger partial charge >= 0.3 is 0 Å². The molecule has 0 fully saturated rings. The van der Waals surface area contributed by atoms with E-state index < -0.39 is 4.92 Å². The molecular weight excluding hydrogens is 370 g/mol. The fourth-order valence-corrected chi connectivity index (χ4v) is 2.93. The lowest BCUT2D eigenvalue weighted by atomic mass is 10.1. The summed E-state index contributed by atoms with van der Waals surface area (Å²) in [5.41, 5.74) is 1.37. The van der Waals surface area contributed by atoms with Gasteiger partial charge in [0.05, 0.1) is 17.7 Å². The van der Waals surface area contributed by atoms with Gasteiger partial charge in [-0.3, -0.25) is 20.2 Å². The van der Waals surface area contributed by atoms with Gasteiger partial charge in [-0.25, -0.2) is 4.98 Å². The Hall–Kier alpha value is -3.46. The number of thiazole rings is 1. The van der Waals surface area contributed by atoms with Crippen molar-refractivity contribution in [3.63, 3.8) is 0 Å². The number of nitrogens with one attached hydrogen (secondary N) is 1. The molecule has 8 nitrogen and oxygen atoms in total. The van der Waals surface area contributed by atoms with E-state index in [1.807, 2.05) is 0 Å². The Labute approximate surface area is 158 Å². The quantitative estimate of drug-likeness (QED) is 0.491. The number of hydrogen-bond donors (Lipinski definition) is 1. The number of nitro benzene ring substituents is 1. The lowest BCUT2D eigenvalue weighted by molar-refractivity contribution is -0.384. The van der Waals surface area contributed by atoms with Crippen molar-refractivity contribution in [2.45, 2.75) is 0 Å². The molecule has 2 aromatic carbocycles. The maximum atomic E-state index is 12.0. The molecule has 0 bridgehead atoms. The maximum absolute atomic E-state index is 12.0. The van der Waals surface area contributed by atoms with Gasteiger partial charge in [0.25, 0.3) is 11.6 Å². The summed E-state index contributed by atoms with van der Waals surface area (Å²) in [7, 11) is 1.57. The van der Waals surface area contributed by atoms with Crippen molar-refractivity contribution in [3.05, 3.63) is 64.0 Å². The number of carbonyl (C=O) groups excluding carboxylic acids is 1. The maximum Gasteiger partial charge on any atom is 0.269 e. The molecule has 0 aliphatic carbocycles. The Morgan fingerprint density at radius 2 is 1.81 bits per heavy atom. The molecule has 0 spiro atoms. The third-order valence-electron chi connectivity index (χ3n) is 3.55. The van der Waals surface area contributed by atoms with Gasteiger partial charge < -0.3 is 9.47 Å². The zero-order chi connectivity index (χ0) is 19.2. The number of aromatic nitrogens is 1. The zero-order valence-electron chi connectivity index (χ0n) is 14.2. The number of ether oxygens (including phenoxy) is 2. The lowest BCUT2D eigenvalue weighted by Crippen LogP contribution is -2.20. The predicted octanol–water partition coefficient (Wildman–Crippen LogP) is 3.74. The summed E-state index contributed by atoms with van der Waals surface area (Å²) < 4.78 is 10.5. The summed E-state index contributed by atoms with van der Waals surface area (Å²) in [6.07, 6.45) is 0. The van der Waals surface area contributed by atoms with E-state index in [0.717, 1.165) is 5.56 Å². The van der Waals surface area contributed by atoms with Gasteiger partial charge in [0.2, 0.25) is 0 Å². The molecule has 3 aromatic rings. The molecular formula is C18H15N3O5S. The normalized spacial score (nSPS) is 10.3. The Balaban J connectivity index is 1.56. The molecule has 138 valence electrons. The van der Waals surface area contributed by atoms with Crippen molar-refractivity contribution in [2.75, 3.05) is 19.0 Å². The standard InChI is InChI=1S/C18H15N3O5S/c1-25-14-6-8-15(9-7-14)26-10-17(22)20-18-19-16(11-27-18)12-2-4-13(5-3-12)21(23)24/h2-9,11H,10H2,1H3,(H,19,20,22). The van der Waals surface area contributed by atoms with Gasteiger partial charge in [-0.2, -0.15) is 0 Å². The molecule has 1 amide bonds. The first kappa shape index (κ1) is 18.3. The number of amides is 1. The van der Waals surface area contributed by atoms with Crippen LogP contribution in [0.1, 0.15) is 0 Å². The first-order valence-corrected chi connectivity index (χ1v) is 8.70. The monoisotopic (exact) mass is 385 g/mol. The highest BCUT2D eigenvalue weighted by Gasteiger charge is 2.10. The highest BCUT2D eigenvalue weighted by Crippen LogP contribution is 2.26. The number of nitro groups is 1. The van der Waals surface area contributed by atoms with Crippen LogP contribution in [0.15, 0.2) is 53.9 Å². The molecule has 3 rings (SSSR count). The van der Waals surface area contributed by atoms with Crippen molar-refractivity contribution in [1.82, 2.24) is 4.98 Å². The average Bonchev–Trinajstić information content (AvgIpc) is 3.15. The van der Waals surface area contributed by atoms with E-state index in [1.54, 1.807) is 48.9 Å². The smallest absolute Gasteiger partial charge is 0.269 e. The van der Waals surface area contributed by atoms with Crippen LogP contribution >= 0.6 is 11.3 Å². The Bertz CT molecular complexity index is 938. The number of methoxy groups -OCH3 is 1. The highest BCUT2D eigenvalue weighted by atomic mass is 32.1. The number of anilines is 1. The molecule has 9 heteroatoms. The molecule has 0 aliphatic rings. The van der Waals surface area contributed by atoms with Crippen LogP contribution in [0, 0.1) is 10.1 Å². The lowest BCUT2D eigenvalue weighted by Gasteiger charge is -2.06. The first-order valence-electron chi connectivity index (χ1n) is 7.82. The highest BCUT2D eigenvalue weighted by molar-refractivity contribution is 7.14. The third-order valence-corrected chi connectivity index (χ3v) is 4.31. The van der Waals surface area contributed by atoms with Crippen molar-refractivity contribution in [1.29, 1.82) is 0 Å². The molecule has 1 N–H and O–H groups in total. The molecule has 0 aliphatic heterocycles. The molecule has 1 aromatic heterocycles. The van der Waals surface area contributed by atoms with E-state index in [0.29, 0.717) is 22.3 Å². The fraction of sp³-hybridized carbons (Fsp3) is 0.111. The minimum absolute atomic E-state index is 0.0122. The van der Waals surface area contributed by atoms with Crippen LogP contribution in [0.25, 0.3) is 11.3 Å². The second-order valence-electron chi connectivity index (χ2n) is 5.35. The second-order valence-corrected chi connectivity index (χ2v) is 6.21. The van der Waals surface area contributed by atoms with Crippen LogP contribution < -0.4 is 14.8 Å². The van der Waals surface area contributed by atoms with Gasteiger partial charge in [0, 0.05) is 23.1 Å². The number of carbonyl (C=O) groups is 1. The molecule has 0 radical (unpaired) electrons. The van der Waals surface area contributed by atoms with E-state index >= 15 is 0 Å². The van der Waals surface area contributed by atoms with Crippen LogP contribution in [0.2, 0.25) is 0 Å². The van der Waals surface area contributed by atoms with Crippen molar-refractivity contribution >= 4 is 28.1 Å².